The predicted octanol–water partition coefficient (Wildman–Crippen LogP) is -1.83. The van der Waals surface area contributed by atoms with E-state index in [0.717, 1.165) is 38.5 Å². The van der Waals surface area contributed by atoms with Gasteiger partial charge >= 0.3 is 65.1 Å². The molecule has 0 aliphatic heterocycles. The van der Waals surface area contributed by atoms with Gasteiger partial charge in [0.1, 0.15) is 6.10 Å². The zero-order valence-corrected chi connectivity index (χ0v) is 32.0. The second-order valence-corrected chi connectivity index (χ2v) is 16.3. The van der Waals surface area contributed by atoms with Crippen molar-refractivity contribution in [2.75, 3.05) is 0 Å². The molecule has 4 saturated carbocycles. The Kier molecular flexibility index (Phi) is 10.5. The molecule has 4 fully saturated rings. The number of carbonyl (C=O) groups excluding carboxylic acids is 4. The minimum absolute atomic E-state index is 0. The first-order valence-electron chi connectivity index (χ1n) is 15.7. The molecule has 0 aromatic rings. The van der Waals surface area contributed by atoms with Gasteiger partial charge in [0.25, 0.3) is 0 Å². The van der Waals surface area contributed by atoms with Crippen LogP contribution in [0.25, 0.3) is 0 Å². The number of ether oxygens (including phenoxy) is 1. The van der Waals surface area contributed by atoms with Crippen molar-refractivity contribution < 1.29 is 93.2 Å². The summed E-state index contributed by atoms with van der Waals surface area (Å²) in [6.45, 7) is 15.3. The van der Waals surface area contributed by atoms with Gasteiger partial charge < -0.3 is 24.5 Å². The first-order chi connectivity index (χ1) is 18.8. The molecule has 0 aromatic carbocycles. The SMILES string of the molecule is CC12CC[C@](C)(C(=O)[O-])CC1C1=CC(=O)[C@@H]3C4(C)CC[C@H](OC(=O)CCC(=O)[O-])C(C)(C)[C@@H]4CCC3(C)[C@]1(C)CC2.[Na+].[Na+]. The van der Waals surface area contributed by atoms with Gasteiger partial charge in [0.15, 0.2) is 5.78 Å². The Bertz CT molecular complexity index is 1210. The number of aliphatic carboxylic acids is 2. The summed E-state index contributed by atoms with van der Waals surface area (Å²) in [5, 5.41) is 23.1. The number of allylic oxidation sites excluding steroid dienone is 2. The third-order valence-electron chi connectivity index (χ3n) is 13.8. The molecule has 0 N–H and O–H groups in total. The molecule has 228 valence electrons. The van der Waals surface area contributed by atoms with Crippen LogP contribution >= 0.6 is 0 Å². The fraction of sp³-hybridized carbons (Fsp3) is 0.824. The topological polar surface area (TPSA) is 124 Å². The second-order valence-electron chi connectivity index (χ2n) is 16.3. The van der Waals surface area contributed by atoms with E-state index in [9.17, 15) is 29.4 Å². The van der Waals surface area contributed by atoms with Gasteiger partial charge in [-0.1, -0.05) is 54.0 Å². The maximum Gasteiger partial charge on any atom is 1.00 e. The Balaban J connectivity index is 0.00000253. The number of carboxylic acids is 2. The van der Waals surface area contributed by atoms with Crippen LogP contribution in [-0.4, -0.2) is 29.8 Å². The van der Waals surface area contributed by atoms with E-state index in [1.54, 1.807) is 0 Å². The monoisotopic (exact) mass is 614 g/mol. The number of hydrogen-bond donors (Lipinski definition) is 0. The number of fused-ring (bicyclic) bond motifs is 7. The maximum atomic E-state index is 14.4. The van der Waals surface area contributed by atoms with E-state index in [4.69, 9.17) is 4.74 Å². The first-order valence-corrected chi connectivity index (χ1v) is 15.7. The summed E-state index contributed by atoms with van der Waals surface area (Å²) in [5.74, 6) is -2.53. The van der Waals surface area contributed by atoms with Crippen molar-refractivity contribution in [3.63, 3.8) is 0 Å². The molecule has 43 heavy (non-hydrogen) atoms. The smallest absolute Gasteiger partial charge is 0.550 e. The summed E-state index contributed by atoms with van der Waals surface area (Å²) in [6, 6.07) is 0. The van der Waals surface area contributed by atoms with Crippen LogP contribution in [0.5, 0.6) is 0 Å². The first kappa shape index (κ1) is 37.3. The molecule has 0 heterocycles. The molecular weight excluding hydrogens is 566 g/mol. The minimum atomic E-state index is -1.26. The van der Waals surface area contributed by atoms with Crippen molar-refractivity contribution in [3.8, 4) is 0 Å². The molecule has 5 rings (SSSR count). The van der Waals surface area contributed by atoms with E-state index in [1.165, 1.54) is 5.57 Å². The van der Waals surface area contributed by atoms with E-state index in [1.807, 2.05) is 13.0 Å². The zero-order chi connectivity index (χ0) is 30.4. The standard InChI is InChI=1S/C34H50O7.2Na/c1-29(2)23-10-13-34(7)27(32(23,5)12-11-24(29)41-26(38)9-8-25(36)37)22(35)18-20-21-19-31(4,28(39)40)15-14-30(21,3)16-17-33(20,34)6;;/h18,21,23-24,27H,8-17,19H2,1-7H3,(H,36,37)(H,39,40);;/q;2*+1/p-2/t21?,23-,24-,27+,30?,31-,32?,33+,34?;;/m0../s1. The van der Waals surface area contributed by atoms with E-state index in [-0.39, 0.29) is 129 Å². The van der Waals surface area contributed by atoms with Gasteiger partial charge in [-0.05, 0) is 104 Å². The largest absolute Gasteiger partial charge is 1.00 e. The normalized spacial score (nSPS) is 44.4. The number of esters is 1. The zero-order valence-electron chi connectivity index (χ0n) is 28.0. The van der Waals surface area contributed by atoms with Gasteiger partial charge in [-0.25, -0.2) is 0 Å². The molecule has 0 aromatic heterocycles. The fourth-order valence-corrected chi connectivity index (χ4v) is 11.0. The molecule has 7 nitrogen and oxygen atoms in total. The number of ketones is 1. The average Bonchev–Trinajstić information content (AvgIpc) is 2.86. The van der Waals surface area contributed by atoms with Crippen molar-refractivity contribution in [2.45, 2.75) is 125 Å². The molecule has 9 atom stereocenters. The van der Waals surface area contributed by atoms with Crippen molar-refractivity contribution in [3.05, 3.63) is 11.6 Å². The summed E-state index contributed by atoms with van der Waals surface area (Å²) >= 11 is 0. The van der Waals surface area contributed by atoms with Crippen LogP contribution in [0.4, 0.5) is 0 Å². The Morgan fingerprint density at radius 2 is 1.49 bits per heavy atom. The fourth-order valence-electron chi connectivity index (χ4n) is 11.0. The number of rotatable bonds is 5. The summed E-state index contributed by atoms with van der Waals surface area (Å²) in [5.41, 5.74) is -0.823. The van der Waals surface area contributed by atoms with Crippen LogP contribution in [-0.2, 0) is 23.9 Å². The third kappa shape index (κ3) is 5.60. The van der Waals surface area contributed by atoms with Crippen LogP contribution < -0.4 is 69.3 Å². The summed E-state index contributed by atoms with van der Waals surface area (Å²) in [7, 11) is 0. The van der Waals surface area contributed by atoms with Crippen LogP contribution in [0.3, 0.4) is 0 Å². The quantitative estimate of drug-likeness (QED) is 0.264. The van der Waals surface area contributed by atoms with Crippen molar-refractivity contribution >= 4 is 23.7 Å². The second kappa shape index (κ2) is 12.1. The molecule has 0 bridgehead atoms. The van der Waals surface area contributed by atoms with Gasteiger partial charge in [-0.15, -0.1) is 0 Å². The van der Waals surface area contributed by atoms with Gasteiger partial charge in [-0.2, -0.15) is 0 Å². The molecule has 5 aliphatic carbocycles. The summed E-state index contributed by atoms with van der Waals surface area (Å²) in [4.78, 5) is 50.0. The Morgan fingerprint density at radius 1 is 0.860 bits per heavy atom. The van der Waals surface area contributed by atoms with Gasteiger partial charge in [-0.3, -0.25) is 9.59 Å². The predicted molar refractivity (Wildman–Crippen MR) is 149 cm³/mol. The Labute approximate surface area is 301 Å². The third-order valence-corrected chi connectivity index (χ3v) is 13.8. The van der Waals surface area contributed by atoms with Crippen molar-refractivity contribution in [2.24, 2.45) is 50.2 Å². The van der Waals surface area contributed by atoms with Gasteiger partial charge in [0.05, 0.1) is 6.42 Å². The summed E-state index contributed by atoms with van der Waals surface area (Å²) in [6.07, 6.45) is 8.26. The van der Waals surface area contributed by atoms with E-state index in [0.29, 0.717) is 19.3 Å². The molecule has 0 spiro atoms. The average molecular weight is 615 g/mol. The molecular formula is C34H48Na2O7. The molecule has 0 radical (unpaired) electrons. The molecule has 0 amide bonds. The van der Waals surface area contributed by atoms with Gasteiger partial charge in [0.2, 0.25) is 0 Å². The number of carbonyl (C=O) groups is 4. The van der Waals surface area contributed by atoms with Gasteiger partial charge in [0, 0.05) is 28.7 Å². The van der Waals surface area contributed by atoms with Crippen LogP contribution in [0, 0.1) is 50.2 Å². The van der Waals surface area contributed by atoms with Crippen molar-refractivity contribution in [1.82, 2.24) is 0 Å². The summed E-state index contributed by atoms with van der Waals surface area (Å²) < 4.78 is 5.87. The molecule has 0 saturated heterocycles. The maximum absolute atomic E-state index is 14.4. The van der Waals surface area contributed by atoms with Crippen LogP contribution in [0.15, 0.2) is 11.6 Å². The van der Waals surface area contributed by atoms with E-state index >= 15 is 0 Å². The van der Waals surface area contributed by atoms with Crippen molar-refractivity contribution in [1.29, 1.82) is 0 Å². The van der Waals surface area contributed by atoms with E-state index in [2.05, 4.69) is 41.5 Å². The van der Waals surface area contributed by atoms with E-state index < -0.39 is 23.3 Å². The Hall–Kier alpha value is -0.180. The number of hydrogen-bond acceptors (Lipinski definition) is 7. The minimum Gasteiger partial charge on any atom is -0.550 e. The molecule has 4 unspecified atom stereocenters. The Morgan fingerprint density at radius 3 is 2.09 bits per heavy atom. The van der Waals surface area contributed by atoms with Crippen LogP contribution in [0.2, 0.25) is 0 Å². The van der Waals surface area contributed by atoms with Crippen LogP contribution in [0.1, 0.15) is 119 Å². The molecule has 5 aliphatic rings. The number of carboxylic acid groups (broad SMARTS) is 2. The molecule has 9 heteroatoms.